The molecule has 0 bridgehead atoms. The first-order valence-corrected chi connectivity index (χ1v) is 6.57. The molecule has 0 spiro atoms. The van der Waals surface area contributed by atoms with Crippen LogP contribution in [0.5, 0.6) is 5.75 Å². The van der Waals surface area contributed by atoms with E-state index in [0.29, 0.717) is 31.1 Å². The summed E-state index contributed by atoms with van der Waals surface area (Å²) >= 11 is 0. The second kappa shape index (κ2) is 7.23. The van der Waals surface area contributed by atoms with Gasteiger partial charge in [-0.1, -0.05) is 11.2 Å². The Morgan fingerprint density at radius 3 is 2.86 bits per heavy atom. The minimum Gasteiger partial charge on any atom is -0.497 e. The molecule has 2 rings (SSSR count). The molecule has 0 aliphatic heterocycles. The summed E-state index contributed by atoms with van der Waals surface area (Å²) in [6.45, 7) is 3.99. The van der Waals surface area contributed by atoms with Crippen molar-refractivity contribution in [2.75, 3.05) is 13.7 Å². The molecule has 0 aliphatic carbocycles. The monoisotopic (exact) mass is 287 g/mol. The van der Waals surface area contributed by atoms with Crippen molar-refractivity contribution in [1.82, 2.24) is 15.5 Å². The van der Waals surface area contributed by atoms with Gasteiger partial charge in [0, 0.05) is 24.9 Å². The van der Waals surface area contributed by atoms with E-state index in [0.717, 1.165) is 11.3 Å². The summed E-state index contributed by atoms with van der Waals surface area (Å²) in [5.74, 6) is 1.63. The van der Waals surface area contributed by atoms with E-state index in [-0.39, 0.29) is 5.91 Å². The van der Waals surface area contributed by atoms with Gasteiger partial charge in [0.25, 0.3) is 0 Å². The lowest BCUT2D eigenvalue weighted by atomic mass is 10.2. The third-order valence-electron chi connectivity index (χ3n) is 2.83. The van der Waals surface area contributed by atoms with Crippen LogP contribution in [0.2, 0.25) is 0 Å². The van der Waals surface area contributed by atoms with Crippen LogP contribution in [0.1, 0.15) is 12.3 Å². The molecule has 0 saturated carbocycles. The Bertz CT molecular complexity index is 605. The lowest BCUT2D eigenvalue weighted by Crippen LogP contribution is -2.23. The molecule has 2 aromatic rings. The predicted molar refractivity (Wildman–Crippen MR) is 77.8 cm³/mol. The molecule has 6 heteroatoms. The van der Waals surface area contributed by atoms with Gasteiger partial charge in [0.2, 0.25) is 17.6 Å². The average Bonchev–Trinajstić information content (AvgIpc) is 3.00. The topological polar surface area (TPSA) is 77.2 Å². The molecule has 0 unspecified atom stereocenters. The molecule has 1 aromatic carbocycles. The summed E-state index contributed by atoms with van der Waals surface area (Å²) in [7, 11) is 1.61. The highest BCUT2D eigenvalue weighted by Crippen LogP contribution is 2.19. The number of aromatic nitrogens is 2. The van der Waals surface area contributed by atoms with E-state index in [1.165, 1.54) is 0 Å². The van der Waals surface area contributed by atoms with Crippen LogP contribution in [-0.2, 0) is 11.2 Å². The van der Waals surface area contributed by atoms with Crippen molar-refractivity contribution in [2.45, 2.75) is 12.8 Å². The van der Waals surface area contributed by atoms with Crippen LogP contribution in [0.4, 0.5) is 0 Å². The van der Waals surface area contributed by atoms with E-state index in [4.69, 9.17) is 9.26 Å². The highest BCUT2D eigenvalue weighted by Gasteiger charge is 2.10. The molecule has 0 radical (unpaired) electrons. The minimum absolute atomic E-state index is 0.0703. The fourth-order valence-corrected chi connectivity index (χ4v) is 1.71. The SMILES string of the molecule is C=CCNC(=O)CCc1nc(-c2ccc(OC)cc2)no1. The second-order valence-corrected chi connectivity index (χ2v) is 4.33. The molecular weight excluding hydrogens is 270 g/mol. The third kappa shape index (κ3) is 4.17. The lowest BCUT2D eigenvalue weighted by molar-refractivity contribution is -0.120. The zero-order valence-corrected chi connectivity index (χ0v) is 11.8. The number of hydrogen-bond donors (Lipinski definition) is 1. The second-order valence-electron chi connectivity index (χ2n) is 4.33. The van der Waals surface area contributed by atoms with Crippen molar-refractivity contribution in [3.05, 3.63) is 42.8 Å². The van der Waals surface area contributed by atoms with Crippen molar-refractivity contribution >= 4 is 5.91 Å². The highest BCUT2D eigenvalue weighted by atomic mass is 16.5. The third-order valence-corrected chi connectivity index (χ3v) is 2.83. The van der Waals surface area contributed by atoms with Crippen LogP contribution in [-0.4, -0.2) is 29.7 Å². The molecule has 6 nitrogen and oxygen atoms in total. The summed E-state index contributed by atoms with van der Waals surface area (Å²) in [5.41, 5.74) is 0.835. The number of nitrogens with zero attached hydrogens (tertiary/aromatic N) is 2. The van der Waals surface area contributed by atoms with Crippen LogP contribution in [0.3, 0.4) is 0 Å². The van der Waals surface area contributed by atoms with E-state index >= 15 is 0 Å². The van der Waals surface area contributed by atoms with Crippen molar-refractivity contribution in [1.29, 1.82) is 0 Å². The van der Waals surface area contributed by atoms with E-state index in [1.807, 2.05) is 24.3 Å². The lowest BCUT2D eigenvalue weighted by Gasteiger charge is -1.99. The van der Waals surface area contributed by atoms with E-state index in [1.54, 1.807) is 13.2 Å². The molecule has 0 fully saturated rings. The number of aryl methyl sites for hydroxylation is 1. The Morgan fingerprint density at radius 1 is 1.43 bits per heavy atom. The Hall–Kier alpha value is -2.63. The zero-order valence-electron chi connectivity index (χ0n) is 11.8. The van der Waals surface area contributed by atoms with Gasteiger partial charge < -0.3 is 14.6 Å². The number of ether oxygens (including phenoxy) is 1. The first kappa shape index (κ1) is 14.8. The molecule has 0 atom stereocenters. The minimum atomic E-state index is -0.0703. The molecule has 1 heterocycles. The number of rotatable bonds is 7. The zero-order chi connectivity index (χ0) is 15.1. The van der Waals surface area contributed by atoms with Crippen LogP contribution in [0.25, 0.3) is 11.4 Å². The van der Waals surface area contributed by atoms with Gasteiger partial charge in [0.05, 0.1) is 7.11 Å². The summed E-state index contributed by atoms with van der Waals surface area (Å²) < 4.78 is 10.2. The fourth-order valence-electron chi connectivity index (χ4n) is 1.71. The maximum absolute atomic E-state index is 11.5. The molecule has 110 valence electrons. The number of methoxy groups -OCH3 is 1. The maximum atomic E-state index is 11.5. The van der Waals surface area contributed by atoms with Crippen LogP contribution >= 0.6 is 0 Å². The van der Waals surface area contributed by atoms with Crippen LogP contribution in [0, 0.1) is 0 Å². The largest absolute Gasteiger partial charge is 0.497 e. The van der Waals surface area contributed by atoms with Gasteiger partial charge in [-0.3, -0.25) is 4.79 Å². The number of hydrogen-bond acceptors (Lipinski definition) is 5. The Morgan fingerprint density at radius 2 is 2.19 bits per heavy atom. The summed E-state index contributed by atoms with van der Waals surface area (Å²) in [6.07, 6.45) is 2.34. The summed E-state index contributed by atoms with van der Waals surface area (Å²) in [4.78, 5) is 15.7. The Kier molecular flexibility index (Phi) is 5.09. The predicted octanol–water partition coefficient (Wildman–Crippen LogP) is 1.98. The number of carbonyl (C=O) groups is 1. The Labute approximate surface area is 122 Å². The quantitative estimate of drug-likeness (QED) is 0.788. The molecular formula is C15H17N3O3. The van der Waals surface area contributed by atoms with Gasteiger partial charge in [0.1, 0.15) is 5.75 Å². The number of carbonyl (C=O) groups excluding carboxylic acids is 1. The van der Waals surface area contributed by atoms with Gasteiger partial charge in [-0.05, 0) is 24.3 Å². The molecule has 21 heavy (non-hydrogen) atoms. The Balaban J connectivity index is 1.94. The maximum Gasteiger partial charge on any atom is 0.227 e. The van der Waals surface area contributed by atoms with Gasteiger partial charge in [-0.2, -0.15) is 4.98 Å². The molecule has 1 aromatic heterocycles. The van der Waals surface area contributed by atoms with Crippen LogP contribution < -0.4 is 10.1 Å². The summed E-state index contributed by atoms with van der Waals surface area (Å²) in [6, 6.07) is 7.36. The number of amides is 1. The molecule has 1 amide bonds. The normalized spacial score (nSPS) is 10.1. The molecule has 0 aliphatic rings. The van der Waals surface area contributed by atoms with E-state index < -0.39 is 0 Å². The average molecular weight is 287 g/mol. The summed E-state index contributed by atoms with van der Waals surface area (Å²) in [5, 5.41) is 6.60. The highest BCUT2D eigenvalue weighted by molar-refractivity contribution is 5.76. The van der Waals surface area contributed by atoms with Crippen molar-refractivity contribution in [2.24, 2.45) is 0 Å². The van der Waals surface area contributed by atoms with Crippen molar-refractivity contribution in [3.63, 3.8) is 0 Å². The number of benzene rings is 1. The molecule has 0 saturated heterocycles. The first-order valence-electron chi connectivity index (χ1n) is 6.57. The fraction of sp³-hybridized carbons (Fsp3) is 0.267. The van der Waals surface area contributed by atoms with E-state index in [2.05, 4.69) is 22.0 Å². The van der Waals surface area contributed by atoms with Crippen molar-refractivity contribution < 1.29 is 14.1 Å². The first-order chi connectivity index (χ1) is 10.2. The molecule has 1 N–H and O–H groups in total. The van der Waals surface area contributed by atoms with Crippen LogP contribution in [0.15, 0.2) is 41.4 Å². The van der Waals surface area contributed by atoms with E-state index in [9.17, 15) is 4.79 Å². The smallest absolute Gasteiger partial charge is 0.227 e. The van der Waals surface area contributed by atoms with Crippen molar-refractivity contribution in [3.8, 4) is 17.1 Å². The van der Waals surface area contributed by atoms with Gasteiger partial charge in [-0.25, -0.2) is 0 Å². The van der Waals surface area contributed by atoms with Gasteiger partial charge in [-0.15, -0.1) is 6.58 Å². The van der Waals surface area contributed by atoms with Gasteiger partial charge >= 0.3 is 0 Å². The standard InChI is InChI=1S/C15H17N3O3/c1-3-10-16-13(19)8-9-14-17-15(18-21-14)11-4-6-12(20-2)7-5-11/h3-7H,1,8-10H2,2H3,(H,16,19). The number of nitrogens with one attached hydrogen (secondary N) is 1. The van der Waals surface area contributed by atoms with Gasteiger partial charge in [0.15, 0.2) is 0 Å².